The zero-order valence-corrected chi connectivity index (χ0v) is 10.6. The molecule has 0 amide bonds. The quantitative estimate of drug-likeness (QED) is 0.845. The number of nitrogens with one attached hydrogen (secondary N) is 1. The predicted molar refractivity (Wildman–Crippen MR) is 70.3 cm³/mol. The van der Waals surface area contributed by atoms with Gasteiger partial charge in [0.2, 0.25) is 0 Å². The summed E-state index contributed by atoms with van der Waals surface area (Å²) in [5.41, 5.74) is 1.63. The molecule has 1 N–H and O–H groups in total. The van der Waals surface area contributed by atoms with E-state index in [-0.39, 0.29) is 11.4 Å². The Bertz CT molecular complexity index is 681. The number of halogens is 1. The topological polar surface area (TPSA) is 49.0 Å². The molecule has 1 aliphatic heterocycles. The Kier molecular flexibility index (Phi) is 2.91. The van der Waals surface area contributed by atoms with E-state index in [1.165, 1.54) is 6.07 Å². The SMILES string of the molecule is CN1CCc2nc(-c3ccccc3F)[nH]c(=O)c2C1. The van der Waals surface area contributed by atoms with Crippen molar-refractivity contribution in [1.82, 2.24) is 14.9 Å². The molecule has 1 aliphatic rings. The number of hydrogen-bond donors (Lipinski definition) is 1. The van der Waals surface area contributed by atoms with E-state index in [2.05, 4.69) is 14.9 Å². The second-order valence-corrected chi connectivity index (χ2v) is 4.81. The second kappa shape index (κ2) is 4.59. The highest BCUT2D eigenvalue weighted by Gasteiger charge is 2.19. The van der Waals surface area contributed by atoms with Crippen molar-refractivity contribution >= 4 is 0 Å². The molecule has 0 bridgehead atoms. The largest absolute Gasteiger partial charge is 0.306 e. The molecule has 0 saturated heterocycles. The summed E-state index contributed by atoms with van der Waals surface area (Å²) in [6.45, 7) is 1.45. The van der Waals surface area contributed by atoms with Crippen molar-refractivity contribution in [1.29, 1.82) is 0 Å². The lowest BCUT2D eigenvalue weighted by molar-refractivity contribution is 0.307. The molecule has 5 heteroatoms. The van der Waals surface area contributed by atoms with Crippen molar-refractivity contribution in [3.63, 3.8) is 0 Å². The summed E-state index contributed by atoms with van der Waals surface area (Å²) in [5.74, 6) is -0.0649. The number of H-pyrrole nitrogens is 1. The number of likely N-dealkylation sites (N-methyl/N-ethyl adjacent to an activating group) is 1. The molecule has 4 nitrogen and oxygen atoms in total. The van der Waals surface area contributed by atoms with Crippen LogP contribution >= 0.6 is 0 Å². The maximum Gasteiger partial charge on any atom is 0.255 e. The zero-order valence-electron chi connectivity index (χ0n) is 10.6. The molecular formula is C14H14FN3O. The van der Waals surface area contributed by atoms with Crippen molar-refractivity contribution in [2.45, 2.75) is 13.0 Å². The Labute approximate surface area is 109 Å². The summed E-state index contributed by atoms with van der Waals surface area (Å²) in [5, 5.41) is 0. The number of nitrogens with zero attached hydrogens (tertiary/aromatic N) is 2. The minimum atomic E-state index is -0.376. The highest BCUT2D eigenvalue weighted by atomic mass is 19.1. The van der Waals surface area contributed by atoms with E-state index in [0.29, 0.717) is 23.5 Å². The van der Waals surface area contributed by atoms with E-state index < -0.39 is 0 Å². The smallest absolute Gasteiger partial charge is 0.255 e. The highest BCUT2D eigenvalue weighted by Crippen LogP contribution is 2.20. The molecule has 3 rings (SSSR count). The average Bonchev–Trinajstić information content (AvgIpc) is 2.40. The number of benzene rings is 1. The molecule has 1 aromatic carbocycles. The van der Waals surface area contributed by atoms with Gasteiger partial charge in [-0.3, -0.25) is 4.79 Å². The Morgan fingerprint density at radius 2 is 2.16 bits per heavy atom. The molecule has 0 fully saturated rings. The van der Waals surface area contributed by atoms with Gasteiger partial charge in [0.25, 0.3) is 5.56 Å². The second-order valence-electron chi connectivity index (χ2n) is 4.81. The van der Waals surface area contributed by atoms with Gasteiger partial charge in [-0.15, -0.1) is 0 Å². The molecule has 0 atom stereocenters. The number of aromatic nitrogens is 2. The summed E-state index contributed by atoms with van der Waals surface area (Å²) >= 11 is 0. The van der Waals surface area contributed by atoms with Gasteiger partial charge in [-0.1, -0.05) is 12.1 Å². The lowest BCUT2D eigenvalue weighted by atomic mass is 10.1. The first-order valence-electron chi connectivity index (χ1n) is 6.20. The first-order valence-corrected chi connectivity index (χ1v) is 6.20. The lowest BCUT2D eigenvalue weighted by Gasteiger charge is -2.23. The Hall–Kier alpha value is -2.01. The van der Waals surface area contributed by atoms with Crippen molar-refractivity contribution in [3.05, 3.63) is 51.7 Å². The van der Waals surface area contributed by atoms with Crippen LogP contribution in [-0.4, -0.2) is 28.5 Å². The van der Waals surface area contributed by atoms with Crippen molar-refractivity contribution < 1.29 is 4.39 Å². The maximum atomic E-state index is 13.7. The van der Waals surface area contributed by atoms with Crippen LogP contribution in [0.4, 0.5) is 4.39 Å². The van der Waals surface area contributed by atoms with E-state index in [0.717, 1.165) is 18.7 Å². The predicted octanol–water partition coefficient (Wildman–Crippen LogP) is 1.56. The standard InChI is InChI=1S/C14H14FN3O/c1-18-7-6-12-10(8-18)14(19)17-13(16-12)9-4-2-3-5-11(9)15/h2-5H,6-8H2,1H3,(H,16,17,19). The third-order valence-electron chi connectivity index (χ3n) is 3.39. The van der Waals surface area contributed by atoms with Gasteiger partial charge >= 0.3 is 0 Å². The number of fused-ring (bicyclic) bond motifs is 1. The van der Waals surface area contributed by atoms with E-state index in [9.17, 15) is 9.18 Å². The van der Waals surface area contributed by atoms with E-state index in [1.807, 2.05) is 7.05 Å². The molecule has 1 aromatic heterocycles. The molecule has 98 valence electrons. The minimum absolute atomic E-state index is 0.171. The van der Waals surface area contributed by atoms with Crippen LogP contribution in [0.1, 0.15) is 11.3 Å². The Balaban J connectivity index is 2.14. The number of rotatable bonds is 1. The van der Waals surface area contributed by atoms with Crippen LogP contribution in [0, 0.1) is 5.82 Å². The molecule has 19 heavy (non-hydrogen) atoms. The van der Waals surface area contributed by atoms with Gasteiger partial charge in [0.1, 0.15) is 11.6 Å². The first kappa shape index (κ1) is 12.0. The zero-order chi connectivity index (χ0) is 13.4. The van der Waals surface area contributed by atoms with Gasteiger partial charge in [-0.05, 0) is 19.2 Å². The van der Waals surface area contributed by atoms with Gasteiger partial charge < -0.3 is 9.88 Å². The van der Waals surface area contributed by atoms with E-state index >= 15 is 0 Å². The van der Waals surface area contributed by atoms with Crippen LogP contribution in [0.5, 0.6) is 0 Å². The van der Waals surface area contributed by atoms with E-state index in [1.54, 1.807) is 18.2 Å². The fourth-order valence-electron chi connectivity index (χ4n) is 2.34. The molecule has 2 heterocycles. The molecule has 0 aliphatic carbocycles. The lowest BCUT2D eigenvalue weighted by Crippen LogP contribution is -2.33. The summed E-state index contributed by atoms with van der Waals surface area (Å²) in [6, 6.07) is 6.33. The fraction of sp³-hybridized carbons (Fsp3) is 0.286. The summed E-state index contributed by atoms with van der Waals surface area (Å²) in [4.78, 5) is 21.2. The highest BCUT2D eigenvalue weighted by molar-refractivity contribution is 5.55. The van der Waals surface area contributed by atoms with E-state index in [4.69, 9.17) is 0 Å². The molecule has 0 saturated carbocycles. The summed E-state index contributed by atoms with van der Waals surface area (Å²) in [6.07, 6.45) is 0.719. The Morgan fingerprint density at radius 3 is 2.95 bits per heavy atom. The molecule has 0 radical (unpaired) electrons. The molecule has 2 aromatic rings. The van der Waals surface area contributed by atoms with Gasteiger partial charge in [-0.25, -0.2) is 9.37 Å². The number of aromatic amines is 1. The monoisotopic (exact) mass is 259 g/mol. The van der Waals surface area contributed by atoms with Gasteiger partial charge in [0.05, 0.1) is 16.8 Å². The van der Waals surface area contributed by atoms with Crippen molar-refractivity contribution in [3.8, 4) is 11.4 Å². The number of hydrogen-bond acceptors (Lipinski definition) is 3. The van der Waals surface area contributed by atoms with Crippen LogP contribution in [-0.2, 0) is 13.0 Å². The maximum absolute atomic E-state index is 13.7. The third kappa shape index (κ3) is 2.17. The first-order chi connectivity index (χ1) is 9.15. The van der Waals surface area contributed by atoms with Gasteiger partial charge in [0.15, 0.2) is 0 Å². The summed E-state index contributed by atoms with van der Waals surface area (Å²) in [7, 11) is 1.97. The average molecular weight is 259 g/mol. The minimum Gasteiger partial charge on any atom is -0.306 e. The van der Waals surface area contributed by atoms with Gasteiger partial charge in [0, 0.05) is 19.5 Å². The van der Waals surface area contributed by atoms with Crippen LogP contribution in [0.3, 0.4) is 0 Å². The van der Waals surface area contributed by atoms with Crippen LogP contribution in [0.2, 0.25) is 0 Å². The summed E-state index contributed by atoms with van der Waals surface area (Å²) < 4.78 is 13.7. The third-order valence-corrected chi connectivity index (χ3v) is 3.39. The van der Waals surface area contributed by atoms with Crippen LogP contribution in [0.15, 0.2) is 29.1 Å². The molecular weight excluding hydrogens is 245 g/mol. The van der Waals surface area contributed by atoms with Crippen molar-refractivity contribution in [2.75, 3.05) is 13.6 Å². The fourth-order valence-corrected chi connectivity index (χ4v) is 2.34. The van der Waals surface area contributed by atoms with Crippen molar-refractivity contribution in [2.24, 2.45) is 0 Å². The molecule has 0 spiro atoms. The Morgan fingerprint density at radius 1 is 1.37 bits per heavy atom. The van der Waals surface area contributed by atoms with Gasteiger partial charge in [-0.2, -0.15) is 0 Å². The van der Waals surface area contributed by atoms with Crippen LogP contribution < -0.4 is 5.56 Å². The normalized spacial score (nSPS) is 15.3. The molecule has 0 unspecified atom stereocenters. The van der Waals surface area contributed by atoms with Crippen LogP contribution in [0.25, 0.3) is 11.4 Å².